The van der Waals surface area contributed by atoms with Crippen LogP contribution in [-0.2, 0) is 28.2 Å². The van der Waals surface area contributed by atoms with Gasteiger partial charge in [-0.2, -0.15) is 13.2 Å². The minimum absolute atomic E-state index is 0.197. The lowest BCUT2D eigenvalue weighted by atomic mass is 9.93. The summed E-state index contributed by atoms with van der Waals surface area (Å²) >= 11 is 0. The molecule has 9 heteroatoms. The van der Waals surface area contributed by atoms with Gasteiger partial charge in [-0.1, -0.05) is 48.5 Å². The van der Waals surface area contributed by atoms with Crippen molar-refractivity contribution in [3.63, 3.8) is 0 Å². The zero-order valence-electron chi connectivity index (χ0n) is 22.4. The van der Waals surface area contributed by atoms with E-state index in [1.165, 1.54) is 12.1 Å². The fourth-order valence-electron chi connectivity index (χ4n) is 4.68. The monoisotopic (exact) mass is 541 g/mol. The Kier molecular flexibility index (Phi) is 8.73. The molecule has 6 nitrogen and oxygen atoms in total. The summed E-state index contributed by atoms with van der Waals surface area (Å²) in [6.45, 7) is 7.79. The average Bonchev–Trinajstić information content (AvgIpc) is 2.89. The number of ether oxygens (including phenoxy) is 1. The first kappa shape index (κ1) is 28.7. The summed E-state index contributed by atoms with van der Waals surface area (Å²) in [4.78, 5) is 21.4. The van der Waals surface area contributed by atoms with E-state index >= 15 is 0 Å². The molecule has 208 valence electrons. The smallest absolute Gasteiger partial charge is 0.421 e. The van der Waals surface area contributed by atoms with Crippen molar-refractivity contribution in [1.82, 2.24) is 14.8 Å². The number of benzene rings is 2. The quantitative estimate of drug-likeness (QED) is 0.398. The lowest BCUT2D eigenvalue weighted by molar-refractivity contribution is -0.258. The molecular weight excluding hydrogens is 507 g/mol. The molecule has 1 saturated heterocycles. The maximum Gasteiger partial charge on any atom is 0.421 e. The van der Waals surface area contributed by atoms with Crippen LogP contribution in [0, 0.1) is 0 Å². The topological polar surface area (TPSA) is 65.9 Å². The van der Waals surface area contributed by atoms with Gasteiger partial charge in [-0.25, -0.2) is 0 Å². The number of hydrogen-bond donors (Lipinski definition) is 1. The summed E-state index contributed by atoms with van der Waals surface area (Å²) in [6, 6.07) is 17.1. The first-order valence-electron chi connectivity index (χ1n) is 13.0. The highest BCUT2D eigenvalue weighted by Gasteiger charge is 2.51. The number of pyridine rings is 1. The standard InChI is InChI=1S/C30H34F3N3O3/c1-21(2)39-28(37)27-20-35(16-17-36(27)19-23-12-14-34-15-13-23)18-22-4-6-24(7-5-22)25-8-10-26(11-9-25)29(3,38)30(31,32)33/h4-15,21,27,38H,16-20H2,1-3H3/t27-,29?/m1/s1. The average molecular weight is 542 g/mol. The van der Waals surface area contributed by atoms with Crippen LogP contribution in [0.15, 0.2) is 73.1 Å². The van der Waals surface area contributed by atoms with Crippen molar-refractivity contribution in [2.24, 2.45) is 0 Å². The summed E-state index contributed by atoms with van der Waals surface area (Å²) < 4.78 is 45.0. The van der Waals surface area contributed by atoms with Gasteiger partial charge in [-0.05, 0) is 60.7 Å². The van der Waals surface area contributed by atoms with Crippen molar-refractivity contribution >= 4 is 5.97 Å². The van der Waals surface area contributed by atoms with Crippen LogP contribution >= 0.6 is 0 Å². The van der Waals surface area contributed by atoms with Gasteiger partial charge in [0.1, 0.15) is 6.04 Å². The second-order valence-corrected chi connectivity index (χ2v) is 10.4. The third-order valence-electron chi connectivity index (χ3n) is 7.03. The Morgan fingerprint density at radius 2 is 1.51 bits per heavy atom. The van der Waals surface area contributed by atoms with Gasteiger partial charge in [0, 0.05) is 45.1 Å². The van der Waals surface area contributed by atoms with Crippen molar-refractivity contribution in [2.75, 3.05) is 19.6 Å². The van der Waals surface area contributed by atoms with Crippen molar-refractivity contribution in [1.29, 1.82) is 0 Å². The lowest BCUT2D eigenvalue weighted by Crippen LogP contribution is -2.56. The van der Waals surface area contributed by atoms with E-state index in [0.717, 1.165) is 35.7 Å². The Balaban J connectivity index is 1.42. The summed E-state index contributed by atoms with van der Waals surface area (Å²) in [6.07, 6.45) is -1.46. The summed E-state index contributed by atoms with van der Waals surface area (Å²) in [7, 11) is 0. The van der Waals surface area contributed by atoms with Gasteiger partial charge in [0.25, 0.3) is 0 Å². The SMILES string of the molecule is CC(C)OC(=O)[C@H]1CN(Cc2ccc(-c3ccc(C(C)(O)C(F)(F)F)cc3)cc2)CCN1Cc1ccncc1. The molecule has 2 atom stereocenters. The summed E-state index contributed by atoms with van der Waals surface area (Å²) in [5.74, 6) is -0.230. The van der Waals surface area contributed by atoms with E-state index < -0.39 is 11.8 Å². The number of hydrogen-bond acceptors (Lipinski definition) is 6. The van der Waals surface area contributed by atoms with Gasteiger partial charge >= 0.3 is 12.1 Å². The third kappa shape index (κ3) is 7.03. The molecule has 1 aliphatic rings. The van der Waals surface area contributed by atoms with E-state index in [1.807, 2.05) is 50.2 Å². The van der Waals surface area contributed by atoms with Crippen LogP contribution in [0.4, 0.5) is 13.2 Å². The van der Waals surface area contributed by atoms with Crippen molar-refractivity contribution in [2.45, 2.75) is 57.8 Å². The lowest BCUT2D eigenvalue weighted by Gasteiger charge is -2.40. The number of carbonyl (C=O) groups is 1. The Bertz CT molecular complexity index is 1230. The third-order valence-corrected chi connectivity index (χ3v) is 7.03. The van der Waals surface area contributed by atoms with Gasteiger partial charge < -0.3 is 9.84 Å². The highest BCUT2D eigenvalue weighted by Crippen LogP contribution is 2.39. The van der Waals surface area contributed by atoms with Crippen molar-refractivity contribution < 1.29 is 27.8 Å². The van der Waals surface area contributed by atoms with E-state index in [9.17, 15) is 23.1 Å². The Labute approximate surface area is 227 Å². The molecule has 0 aliphatic carbocycles. The molecule has 2 aromatic carbocycles. The highest BCUT2D eigenvalue weighted by atomic mass is 19.4. The van der Waals surface area contributed by atoms with Gasteiger partial charge in [0.2, 0.25) is 0 Å². The van der Waals surface area contributed by atoms with Crippen LogP contribution in [0.2, 0.25) is 0 Å². The predicted octanol–water partition coefficient (Wildman–Crippen LogP) is 5.16. The van der Waals surface area contributed by atoms with Crippen LogP contribution < -0.4 is 0 Å². The summed E-state index contributed by atoms with van der Waals surface area (Å²) in [5.41, 5.74) is 0.656. The normalized spacial score (nSPS) is 18.6. The number of piperazine rings is 1. The highest BCUT2D eigenvalue weighted by molar-refractivity contribution is 5.76. The molecule has 0 spiro atoms. The molecule has 1 aromatic heterocycles. The first-order valence-corrected chi connectivity index (χ1v) is 13.0. The van der Waals surface area contributed by atoms with Crippen molar-refractivity contribution in [3.8, 4) is 11.1 Å². The predicted molar refractivity (Wildman–Crippen MR) is 142 cm³/mol. The molecule has 1 N–H and O–H groups in total. The molecule has 2 heterocycles. The fraction of sp³-hybridized carbons (Fsp3) is 0.400. The largest absolute Gasteiger partial charge is 0.462 e. The Hall–Kier alpha value is -3.27. The number of nitrogens with zero attached hydrogens (tertiary/aromatic N) is 3. The molecule has 39 heavy (non-hydrogen) atoms. The van der Waals surface area contributed by atoms with E-state index in [4.69, 9.17) is 4.74 Å². The van der Waals surface area contributed by atoms with E-state index in [2.05, 4.69) is 14.8 Å². The molecule has 1 fully saturated rings. The van der Waals surface area contributed by atoms with Crippen LogP contribution in [0.1, 0.15) is 37.5 Å². The van der Waals surface area contributed by atoms with Gasteiger partial charge in [0.15, 0.2) is 5.60 Å². The maximum atomic E-state index is 13.1. The number of halogens is 3. The minimum Gasteiger partial charge on any atom is -0.462 e. The Morgan fingerprint density at radius 3 is 2.08 bits per heavy atom. The van der Waals surface area contributed by atoms with Crippen LogP contribution in [0.3, 0.4) is 0 Å². The minimum atomic E-state index is -4.76. The first-order chi connectivity index (χ1) is 18.4. The fourth-order valence-corrected chi connectivity index (χ4v) is 4.68. The molecule has 0 amide bonds. The van der Waals surface area contributed by atoms with Crippen LogP contribution in [0.25, 0.3) is 11.1 Å². The van der Waals surface area contributed by atoms with Gasteiger partial charge in [-0.15, -0.1) is 0 Å². The number of aromatic nitrogens is 1. The Morgan fingerprint density at radius 1 is 0.949 bits per heavy atom. The number of aliphatic hydroxyl groups is 1. The maximum absolute atomic E-state index is 13.1. The molecule has 3 aromatic rings. The second-order valence-electron chi connectivity index (χ2n) is 10.4. The van der Waals surface area contributed by atoms with Crippen LogP contribution in [0.5, 0.6) is 0 Å². The molecule has 0 bridgehead atoms. The second kappa shape index (κ2) is 11.9. The van der Waals surface area contributed by atoms with Gasteiger partial charge in [-0.3, -0.25) is 19.6 Å². The molecule has 4 rings (SSSR count). The molecule has 1 unspecified atom stereocenters. The number of carbonyl (C=O) groups excluding carboxylic acids is 1. The molecule has 1 aliphatic heterocycles. The molecular formula is C30H34F3N3O3. The van der Waals surface area contributed by atoms with E-state index in [1.54, 1.807) is 24.5 Å². The van der Waals surface area contributed by atoms with Gasteiger partial charge in [0.05, 0.1) is 6.10 Å². The van der Waals surface area contributed by atoms with Crippen molar-refractivity contribution in [3.05, 3.63) is 89.7 Å². The number of alkyl halides is 3. The number of esters is 1. The molecule has 0 saturated carbocycles. The van der Waals surface area contributed by atoms with Crippen LogP contribution in [-0.4, -0.2) is 63.8 Å². The zero-order chi connectivity index (χ0) is 28.2. The summed E-state index contributed by atoms with van der Waals surface area (Å²) in [5, 5.41) is 9.90. The van der Waals surface area contributed by atoms with E-state index in [-0.39, 0.29) is 23.7 Å². The van der Waals surface area contributed by atoms with E-state index in [0.29, 0.717) is 26.2 Å². The zero-order valence-corrected chi connectivity index (χ0v) is 22.4. The molecule has 0 radical (unpaired) electrons. The number of rotatable bonds is 8.